The van der Waals surface area contributed by atoms with E-state index in [1.165, 1.54) is 43.4 Å². The van der Waals surface area contributed by atoms with E-state index in [9.17, 15) is 8.42 Å². The van der Waals surface area contributed by atoms with Crippen molar-refractivity contribution in [1.29, 1.82) is 0 Å². The number of fused-ring (bicyclic) bond motifs is 2. The molecule has 5 rings (SSSR count). The van der Waals surface area contributed by atoms with Crippen LogP contribution in [-0.4, -0.2) is 40.3 Å². The molecule has 0 bridgehead atoms. The number of benzene rings is 2. The second kappa shape index (κ2) is 7.64. The van der Waals surface area contributed by atoms with Crippen LogP contribution in [0.1, 0.15) is 11.4 Å². The molecule has 2 aromatic carbocycles. The van der Waals surface area contributed by atoms with Crippen molar-refractivity contribution in [3.63, 3.8) is 0 Å². The molecule has 0 radical (unpaired) electrons. The SMILES string of the molecule is CNS(=O)(=O)c1cccc(-c2ccc3nnc(C(F)(F)c4ccc5ncccc5c4)n3n2)c1. The number of nitrogens with one attached hydrogen (secondary N) is 1. The average Bonchev–Trinajstić information content (AvgIpc) is 3.28. The van der Waals surface area contributed by atoms with E-state index < -0.39 is 21.8 Å². The summed E-state index contributed by atoms with van der Waals surface area (Å²) >= 11 is 0. The molecule has 0 fully saturated rings. The molecule has 0 aliphatic heterocycles. The Morgan fingerprint density at radius 3 is 2.64 bits per heavy atom. The largest absolute Gasteiger partial charge is 0.333 e. The van der Waals surface area contributed by atoms with Crippen molar-refractivity contribution in [2.45, 2.75) is 10.8 Å². The van der Waals surface area contributed by atoms with Crippen LogP contribution in [0.2, 0.25) is 0 Å². The number of halogens is 2. The maximum atomic E-state index is 15.5. The molecule has 0 spiro atoms. The van der Waals surface area contributed by atoms with E-state index in [0.29, 0.717) is 16.5 Å². The number of pyridine rings is 1. The summed E-state index contributed by atoms with van der Waals surface area (Å²) in [5.41, 5.74) is 1.18. The van der Waals surface area contributed by atoms with Gasteiger partial charge < -0.3 is 0 Å². The van der Waals surface area contributed by atoms with Gasteiger partial charge in [-0.05, 0) is 49.5 Å². The molecule has 33 heavy (non-hydrogen) atoms. The van der Waals surface area contributed by atoms with Crippen LogP contribution in [0.3, 0.4) is 0 Å². The fourth-order valence-corrected chi connectivity index (χ4v) is 4.25. The van der Waals surface area contributed by atoms with Gasteiger partial charge in [-0.1, -0.05) is 24.3 Å². The van der Waals surface area contributed by atoms with Gasteiger partial charge in [0.1, 0.15) is 0 Å². The Morgan fingerprint density at radius 2 is 1.82 bits per heavy atom. The second-order valence-electron chi connectivity index (χ2n) is 7.23. The van der Waals surface area contributed by atoms with E-state index in [1.807, 2.05) is 0 Å². The minimum atomic E-state index is -3.68. The first-order valence-electron chi connectivity index (χ1n) is 9.79. The van der Waals surface area contributed by atoms with Crippen LogP contribution in [0.4, 0.5) is 8.78 Å². The molecule has 3 heterocycles. The summed E-state index contributed by atoms with van der Waals surface area (Å²) in [5, 5.41) is 12.4. The Labute approximate surface area is 187 Å². The summed E-state index contributed by atoms with van der Waals surface area (Å²) in [6, 6.07) is 16.7. The van der Waals surface area contributed by atoms with Gasteiger partial charge in [0.05, 0.1) is 16.1 Å². The minimum absolute atomic E-state index is 0.0310. The number of hydrogen-bond acceptors (Lipinski definition) is 6. The van der Waals surface area contributed by atoms with Gasteiger partial charge in [-0.2, -0.15) is 18.4 Å². The number of hydrogen-bond donors (Lipinski definition) is 1. The Morgan fingerprint density at radius 1 is 0.970 bits per heavy atom. The summed E-state index contributed by atoms with van der Waals surface area (Å²) < 4.78 is 58.5. The lowest BCUT2D eigenvalue weighted by Crippen LogP contribution is -2.20. The van der Waals surface area contributed by atoms with Crippen LogP contribution in [0.15, 0.2) is 77.8 Å². The van der Waals surface area contributed by atoms with E-state index in [1.54, 1.807) is 36.5 Å². The Kier molecular flexibility index (Phi) is 4.87. The molecule has 8 nitrogen and oxygen atoms in total. The molecule has 0 aliphatic rings. The number of rotatable bonds is 5. The van der Waals surface area contributed by atoms with Crippen molar-refractivity contribution in [1.82, 2.24) is 29.5 Å². The number of nitrogens with zero attached hydrogens (tertiary/aromatic N) is 5. The molecule has 5 aromatic rings. The lowest BCUT2D eigenvalue weighted by Gasteiger charge is -2.15. The molecule has 0 saturated carbocycles. The van der Waals surface area contributed by atoms with Gasteiger partial charge in [0.25, 0.3) is 0 Å². The van der Waals surface area contributed by atoms with Gasteiger partial charge in [0.15, 0.2) is 5.65 Å². The van der Waals surface area contributed by atoms with E-state index in [-0.39, 0.29) is 21.8 Å². The van der Waals surface area contributed by atoms with Gasteiger partial charge in [0.2, 0.25) is 15.8 Å². The van der Waals surface area contributed by atoms with Crippen LogP contribution >= 0.6 is 0 Å². The maximum absolute atomic E-state index is 15.5. The quantitative estimate of drug-likeness (QED) is 0.426. The van der Waals surface area contributed by atoms with Crippen LogP contribution in [0, 0.1) is 0 Å². The normalized spacial score (nSPS) is 12.5. The van der Waals surface area contributed by atoms with Crippen molar-refractivity contribution < 1.29 is 17.2 Å². The summed E-state index contributed by atoms with van der Waals surface area (Å²) in [6.07, 6.45) is 1.59. The van der Waals surface area contributed by atoms with Gasteiger partial charge in [-0.3, -0.25) is 4.98 Å². The van der Waals surface area contributed by atoms with Crippen LogP contribution in [-0.2, 0) is 15.9 Å². The maximum Gasteiger partial charge on any atom is 0.333 e. The predicted octanol–water partition coefficient (Wildman–Crippen LogP) is 3.39. The highest BCUT2D eigenvalue weighted by Crippen LogP contribution is 2.36. The van der Waals surface area contributed by atoms with E-state index in [0.717, 1.165) is 4.52 Å². The van der Waals surface area contributed by atoms with Crippen molar-refractivity contribution in [2.75, 3.05) is 7.05 Å². The van der Waals surface area contributed by atoms with Crippen molar-refractivity contribution >= 4 is 26.6 Å². The fourth-order valence-electron chi connectivity index (χ4n) is 3.48. The first-order chi connectivity index (χ1) is 15.8. The summed E-state index contributed by atoms with van der Waals surface area (Å²) in [4.78, 5) is 4.19. The zero-order chi connectivity index (χ0) is 23.2. The van der Waals surface area contributed by atoms with Gasteiger partial charge >= 0.3 is 5.92 Å². The minimum Gasteiger partial charge on any atom is -0.256 e. The fraction of sp³-hybridized carbons (Fsp3) is 0.0909. The van der Waals surface area contributed by atoms with Crippen molar-refractivity contribution in [3.8, 4) is 11.3 Å². The number of aromatic nitrogens is 5. The third kappa shape index (κ3) is 3.60. The molecule has 0 unspecified atom stereocenters. The van der Waals surface area contributed by atoms with Gasteiger partial charge in [0, 0.05) is 22.7 Å². The van der Waals surface area contributed by atoms with E-state index >= 15 is 8.78 Å². The topological polar surface area (TPSA) is 102 Å². The Bertz CT molecular complexity index is 1620. The molecule has 11 heteroatoms. The van der Waals surface area contributed by atoms with E-state index in [4.69, 9.17) is 0 Å². The highest BCUT2D eigenvalue weighted by molar-refractivity contribution is 7.89. The number of alkyl halides is 2. The lowest BCUT2D eigenvalue weighted by molar-refractivity contribution is 0.0307. The molecule has 1 N–H and O–H groups in total. The standard InChI is InChI=1S/C22H16F2N6O2S/c1-25-33(31,32)17-6-2-4-15(13-17)19-9-10-20-27-28-21(30(20)29-19)22(23,24)16-7-8-18-14(12-16)5-3-11-26-18/h2-13,25H,1H3. The van der Waals surface area contributed by atoms with Crippen LogP contribution in [0.25, 0.3) is 27.8 Å². The third-order valence-corrected chi connectivity index (χ3v) is 6.63. The highest BCUT2D eigenvalue weighted by atomic mass is 32.2. The zero-order valence-electron chi connectivity index (χ0n) is 17.1. The zero-order valence-corrected chi connectivity index (χ0v) is 18.0. The Balaban J connectivity index is 1.62. The molecule has 3 aromatic heterocycles. The van der Waals surface area contributed by atoms with Gasteiger partial charge in [-0.15, -0.1) is 10.2 Å². The monoisotopic (exact) mass is 466 g/mol. The van der Waals surface area contributed by atoms with Crippen LogP contribution < -0.4 is 4.72 Å². The first-order valence-corrected chi connectivity index (χ1v) is 11.3. The lowest BCUT2D eigenvalue weighted by atomic mass is 10.0. The molecule has 0 atom stereocenters. The Hall–Kier alpha value is -3.83. The average molecular weight is 466 g/mol. The van der Waals surface area contributed by atoms with Crippen LogP contribution in [0.5, 0.6) is 0 Å². The molecule has 0 aliphatic carbocycles. The smallest absolute Gasteiger partial charge is 0.256 e. The molecular formula is C22H16F2N6O2S. The predicted molar refractivity (Wildman–Crippen MR) is 117 cm³/mol. The summed E-state index contributed by atoms with van der Waals surface area (Å²) in [6.45, 7) is 0. The molecule has 0 amide bonds. The highest BCUT2D eigenvalue weighted by Gasteiger charge is 2.40. The first kappa shape index (κ1) is 21.0. The molecule has 0 saturated heterocycles. The van der Waals surface area contributed by atoms with E-state index in [2.05, 4.69) is 25.0 Å². The second-order valence-corrected chi connectivity index (χ2v) is 9.12. The summed E-state index contributed by atoms with van der Waals surface area (Å²) in [5.74, 6) is -4.14. The molecule has 166 valence electrons. The third-order valence-electron chi connectivity index (χ3n) is 5.22. The van der Waals surface area contributed by atoms with Crippen molar-refractivity contribution in [2.24, 2.45) is 0 Å². The van der Waals surface area contributed by atoms with Gasteiger partial charge in [-0.25, -0.2) is 13.1 Å². The number of sulfonamides is 1. The summed E-state index contributed by atoms with van der Waals surface area (Å²) in [7, 11) is -2.37. The molecular weight excluding hydrogens is 450 g/mol. The van der Waals surface area contributed by atoms with Crippen molar-refractivity contribution in [3.05, 3.63) is 84.3 Å².